The van der Waals surface area contributed by atoms with Gasteiger partial charge in [0.25, 0.3) is 0 Å². The highest BCUT2D eigenvalue weighted by atomic mass is 32.1. The summed E-state index contributed by atoms with van der Waals surface area (Å²) in [6.07, 6.45) is 2.71. The van der Waals surface area contributed by atoms with E-state index in [9.17, 15) is 0 Å². The zero-order valence-corrected chi connectivity index (χ0v) is 10.5. The van der Waals surface area contributed by atoms with E-state index in [1.807, 2.05) is 0 Å². The van der Waals surface area contributed by atoms with Crippen LogP contribution in [0.3, 0.4) is 0 Å². The van der Waals surface area contributed by atoms with Gasteiger partial charge in [0.1, 0.15) is 0 Å². The number of fused-ring (bicyclic) bond motifs is 1. The van der Waals surface area contributed by atoms with Crippen molar-refractivity contribution in [2.45, 2.75) is 38.8 Å². The average Bonchev–Trinajstić information content (AvgIpc) is 2.63. The van der Waals surface area contributed by atoms with Crippen LogP contribution in [0.2, 0.25) is 0 Å². The Kier molecular flexibility index (Phi) is 3.46. The monoisotopic (exact) mass is 227 g/mol. The molecule has 0 aromatic heterocycles. The van der Waals surface area contributed by atoms with Crippen LogP contribution in [-0.2, 0) is 0 Å². The second-order valence-corrected chi connectivity index (χ2v) is 5.01. The summed E-state index contributed by atoms with van der Waals surface area (Å²) < 4.78 is 0. The lowest BCUT2D eigenvalue weighted by Gasteiger charge is -2.43. The summed E-state index contributed by atoms with van der Waals surface area (Å²) in [6.45, 7) is 8.89. The van der Waals surface area contributed by atoms with Gasteiger partial charge in [-0.05, 0) is 45.5 Å². The predicted octanol–water partition coefficient (Wildman–Crippen LogP) is 1.05. The van der Waals surface area contributed by atoms with Crippen molar-refractivity contribution in [3.63, 3.8) is 0 Å². The Bertz CT molecular complexity index is 244. The summed E-state index contributed by atoms with van der Waals surface area (Å²) in [7, 11) is 0. The topological polar surface area (TPSA) is 18.5 Å². The number of hydrogen-bond donors (Lipinski definition) is 1. The Morgan fingerprint density at radius 3 is 3.00 bits per heavy atom. The molecule has 86 valence electrons. The molecule has 0 spiro atoms. The van der Waals surface area contributed by atoms with Gasteiger partial charge in [-0.2, -0.15) is 0 Å². The number of hydrogen-bond acceptors (Lipinski definition) is 2. The Morgan fingerprint density at radius 1 is 1.47 bits per heavy atom. The van der Waals surface area contributed by atoms with Gasteiger partial charge in [-0.15, -0.1) is 0 Å². The molecule has 1 N–H and O–H groups in total. The van der Waals surface area contributed by atoms with Crippen molar-refractivity contribution in [3.8, 4) is 0 Å². The first-order valence-electron chi connectivity index (χ1n) is 6.01. The van der Waals surface area contributed by atoms with Gasteiger partial charge >= 0.3 is 0 Å². The summed E-state index contributed by atoms with van der Waals surface area (Å²) in [6, 6.07) is 1.31. The van der Waals surface area contributed by atoms with Gasteiger partial charge in [-0.1, -0.05) is 0 Å². The van der Waals surface area contributed by atoms with E-state index >= 15 is 0 Å². The molecule has 3 nitrogen and oxygen atoms in total. The van der Waals surface area contributed by atoms with Crippen molar-refractivity contribution >= 4 is 17.3 Å². The maximum Gasteiger partial charge on any atom is 0.169 e. The first-order chi connectivity index (χ1) is 7.22. The average molecular weight is 227 g/mol. The van der Waals surface area contributed by atoms with Crippen LogP contribution in [-0.4, -0.2) is 53.2 Å². The number of nitrogens with zero attached hydrogens (tertiary/aromatic N) is 2. The molecule has 2 fully saturated rings. The van der Waals surface area contributed by atoms with Gasteiger partial charge in [0, 0.05) is 31.7 Å². The quantitative estimate of drug-likeness (QED) is 0.675. The first kappa shape index (κ1) is 11.1. The summed E-state index contributed by atoms with van der Waals surface area (Å²) in [5.41, 5.74) is 0. The third-order valence-electron chi connectivity index (χ3n) is 3.53. The molecule has 0 saturated carbocycles. The highest BCUT2D eigenvalue weighted by Crippen LogP contribution is 2.24. The molecule has 0 aromatic rings. The summed E-state index contributed by atoms with van der Waals surface area (Å²) in [5, 5.41) is 4.21. The van der Waals surface area contributed by atoms with Gasteiger partial charge in [0.05, 0.1) is 0 Å². The molecule has 0 amide bonds. The van der Waals surface area contributed by atoms with Crippen molar-refractivity contribution < 1.29 is 0 Å². The lowest BCUT2D eigenvalue weighted by molar-refractivity contribution is 0.108. The van der Waals surface area contributed by atoms with Crippen LogP contribution in [0.15, 0.2) is 0 Å². The lowest BCUT2D eigenvalue weighted by Crippen LogP contribution is -2.58. The van der Waals surface area contributed by atoms with E-state index < -0.39 is 0 Å². The number of piperazine rings is 1. The molecule has 2 aliphatic heterocycles. The van der Waals surface area contributed by atoms with Crippen molar-refractivity contribution in [1.82, 2.24) is 15.1 Å². The highest BCUT2D eigenvalue weighted by molar-refractivity contribution is 7.80. The van der Waals surface area contributed by atoms with Crippen LogP contribution in [0.25, 0.3) is 0 Å². The van der Waals surface area contributed by atoms with Gasteiger partial charge in [0.15, 0.2) is 5.11 Å². The minimum Gasteiger partial charge on any atom is -0.363 e. The fraction of sp³-hybridized carbons (Fsp3) is 0.909. The third-order valence-corrected chi connectivity index (χ3v) is 3.91. The number of nitrogens with one attached hydrogen (secondary N) is 1. The fourth-order valence-electron chi connectivity index (χ4n) is 2.72. The Morgan fingerprint density at radius 2 is 2.27 bits per heavy atom. The zero-order chi connectivity index (χ0) is 10.8. The smallest absolute Gasteiger partial charge is 0.169 e. The van der Waals surface area contributed by atoms with Crippen LogP contribution >= 0.6 is 12.2 Å². The SMILES string of the molecule is CCNC(=S)N1CC2CCCN2CC1C. The normalized spacial score (nSPS) is 31.5. The van der Waals surface area contributed by atoms with Crippen molar-refractivity contribution in [3.05, 3.63) is 0 Å². The molecule has 0 radical (unpaired) electrons. The van der Waals surface area contributed by atoms with Crippen molar-refractivity contribution in [2.75, 3.05) is 26.2 Å². The van der Waals surface area contributed by atoms with Crippen molar-refractivity contribution in [1.29, 1.82) is 0 Å². The van der Waals surface area contributed by atoms with E-state index in [4.69, 9.17) is 12.2 Å². The Labute approximate surface area is 97.8 Å². The second kappa shape index (κ2) is 4.66. The van der Waals surface area contributed by atoms with Crippen LogP contribution in [0.4, 0.5) is 0 Å². The molecule has 0 aromatic carbocycles. The minimum absolute atomic E-state index is 0.561. The molecule has 2 saturated heterocycles. The number of thiocarbonyl (C=S) groups is 1. The molecule has 15 heavy (non-hydrogen) atoms. The summed E-state index contributed by atoms with van der Waals surface area (Å²) in [5.74, 6) is 0. The predicted molar refractivity (Wildman–Crippen MR) is 67.0 cm³/mol. The van der Waals surface area contributed by atoms with E-state index in [0.29, 0.717) is 6.04 Å². The standard InChI is InChI=1S/C11H21N3S/c1-3-12-11(15)14-8-10-5-4-6-13(10)7-9(14)2/h9-10H,3-8H2,1-2H3,(H,12,15). The molecule has 2 atom stereocenters. The molecule has 2 heterocycles. The van der Waals surface area contributed by atoms with E-state index in [1.165, 1.54) is 25.9 Å². The van der Waals surface area contributed by atoms with Crippen LogP contribution in [0, 0.1) is 0 Å². The Balaban J connectivity index is 1.97. The molecular formula is C11H21N3S. The van der Waals surface area contributed by atoms with Gasteiger partial charge in [-0.3, -0.25) is 4.90 Å². The first-order valence-corrected chi connectivity index (χ1v) is 6.41. The van der Waals surface area contributed by atoms with E-state index in [2.05, 4.69) is 29.0 Å². The molecule has 2 unspecified atom stereocenters. The van der Waals surface area contributed by atoms with Gasteiger partial charge < -0.3 is 10.2 Å². The van der Waals surface area contributed by atoms with Crippen LogP contribution < -0.4 is 5.32 Å². The van der Waals surface area contributed by atoms with Crippen LogP contribution in [0.1, 0.15) is 26.7 Å². The molecule has 0 aliphatic carbocycles. The van der Waals surface area contributed by atoms with E-state index in [1.54, 1.807) is 0 Å². The van der Waals surface area contributed by atoms with Gasteiger partial charge in [-0.25, -0.2) is 0 Å². The van der Waals surface area contributed by atoms with Crippen LogP contribution in [0.5, 0.6) is 0 Å². The molecular weight excluding hydrogens is 206 g/mol. The lowest BCUT2D eigenvalue weighted by atomic mass is 10.1. The van der Waals surface area contributed by atoms with Crippen molar-refractivity contribution in [2.24, 2.45) is 0 Å². The molecule has 2 rings (SSSR count). The second-order valence-electron chi connectivity index (χ2n) is 4.63. The van der Waals surface area contributed by atoms with Gasteiger partial charge in [0.2, 0.25) is 0 Å². The molecule has 2 aliphatic rings. The zero-order valence-electron chi connectivity index (χ0n) is 9.70. The fourth-order valence-corrected chi connectivity index (χ4v) is 3.12. The summed E-state index contributed by atoms with van der Waals surface area (Å²) in [4.78, 5) is 4.99. The molecule has 0 bridgehead atoms. The third kappa shape index (κ3) is 2.26. The molecule has 4 heteroatoms. The van der Waals surface area contributed by atoms with E-state index in [-0.39, 0.29) is 0 Å². The Hall–Kier alpha value is -0.350. The number of rotatable bonds is 1. The highest BCUT2D eigenvalue weighted by Gasteiger charge is 2.35. The maximum atomic E-state index is 5.41. The summed E-state index contributed by atoms with van der Waals surface area (Å²) >= 11 is 5.41. The van der Waals surface area contributed by atoms with E-state index in [0.717, 1.165) is 24.2 Å². The largest absolute Gasteiger partial charge is 0.363 e. The minimum atomic E-state index is 0.561. The maximum absolute atomic E-state index is 5.41.